The van der Waals surface area contributed by atoms with Gasteiger partial charge < -0.3 is 24.8 Å². The Morgan fingerprint density at radius 1 is 1.12 bits per heavy atom. The third-order valence-electron chi connectivity index (χ3n) is 4.49. The number of amides is 4. The molecule has 0 saturated carbocycles. The van der Waals surface area contributed by atoms with E-state index < -0.39 is 30.4 Å². The Morgan fingerprint density at radius 3 is 2.58 bits per heavy atom. The van der Waals surface area contributed by atoms with Crippen LogP contribution in [0.25, 0.3) is 6.08 Å². The lowest BCUT2D eigenvalue weighted by Crippen LogP contribution is -2.38. The number of carbonyl (C=O) groups is 4. The van der Waals surface area contributed by atoms with Crippen molar-refractivity contribution in [3.8, 4) is 11.5 Å². The van der Waals surface area contributed by atoms with Gasteiger partial charge in [-0.2, -0.15) is 0 Å². The molecule has 2 aromatic carbocycles. The molecule has 172 valence electrons. The summed E-state index contributed by atoms with van der Waals surface area (Å²) in [4.78, 5) is 49.4. The van der Waals surface area contributed by atoms with Gasteiger partial charge in [0.15, 0.2) is 6.61 Å². The molecule has 0 unspecified atom stereocenters. The van der Waals surface area contributed by atoms with Crippen molar-refractivity contribution in [2.45, 2.75) is 0 Å². The number of urea groups is 1. The lowest BCUT2D eigenvalue weighted by molar-refractivity contribution is -0.143. The molecule has 1 heterocycles. The average Bonchev–Trinajstić information content (AvgIpc) is 3.05. The molecule has 1 aliphatic rings. The normalized spacial score (nSPS) is 14.2. The van der Waals surface area contributed by atoms with Crippen LogP contribution in [0.15, 0.2) is 48.2 Å². The Morgan fingerprint density at radius 2 is 1.88 bits per heavy atom. The Hall–Kier alpha value is -3.61. The van der Waals surface area contributed by atoms with Crippen LogP contribution in [0.4, 0.5) is 10.5 Å². The van der Waals surface area contributed by atoms with Crippen LogP contribution in [0.2, 0.25) is 0 Å². The van der Waals surface area contributed by atoms with Gasteiger partial charge in [0, 0.05) is 0 Å². The SMILES string of the molecule is COC(=O)COc1ccc(/C=C2/NC(=O)N(CC(=O)Nc3ccccc3OC)C2=O)cc1I. The second kappa shape index (κ2) is 10.8. The number of anilines is 1. The summed E-state index contributed by atoms with van der Waals surface area (Å²) in [7, 11) is 2.74. The number of para-hydroxylation sites is 2. The smallest absolute Gasteiger partial charge is 0.343 e. The van der Waals surface area contributed by atoms with Gasteiger partial charge in [0.05, 0.1) is 23.5 Å². The Bertz CT molecular complexity index is 1130. The van der Waals surface area contributed by atoms with Crippen molar-refractivity contribution in [3.05, 3.63) is 57.3 Å². The van der Waals surface area contributed by atoms with Gasteiger partial charge in [-0.3, -0.25) is 9.59 Å². The van der Waals surface area contributed by atoms with Crippen LogP contribution in [-0.4, -0.2) is 56.1 Å². The highest BCUT2D eigenvalue weighted by Gasteiger charge is 2.35. The van der Waals surface area contributed by atoms with Gasteiger partial charge in [-0.25, -0.2) is 14.5 Å². The van der Waals surface area contributed by atoms with Gasteiger partial charge >= 0.3 is 12.0 Å². The molecular formula is C22H20IN3O7. The molecular weight excluding hydrogens is 545 g/mol. The van der Waals surface area contributed by atoms with Crippen molar-refractivity contribution in [1.29, 1.82) is 0 Å². The molecule has 4 amide bonds. The molecule has 11 heteroatoms. The zero-order chi connectivity index (χ0) is 24.0. The lowest BCUT2D eigenvalue weighted by Gasteiger charge is -2.13. The Kier molecular flexibility index (Phi) is 7.87. The first kappa shape index (κ1) is 24.0. The van der Waals surface area contributed by atoms with Gasteiger partial charge in [0.2, 0.25) is 5.91 Å². The number of ether oxygens (including phenoxy) is 3. The Labute approximate surface area is 203 Å². The molecule has 2 aromatic rings. The van der Waals surface area contributed by atoms with Crippen LogP contribution >= 0.6 is 22.6 Å². The van der Waals surface area contributed by atoms with Crippen LogP contribution in [0.3, 0.4) is 0 Å². The van der Waals surface area contributed by atoms with E-state index in [-0.39, 0.29) is 12.3 Å². The van der Waals surface area contributed by atoms with E-state index in [2.05, 4.69) is 15.4 Å². The van der Waals surface area contributed by atoms with E-state index in [1.807, 2.05) is 22.6 Å². The molecule has 0 aromatic heterocycles. The first-order valence-corrected chi connectivity index (χ1v) is 10.7. The van der Waals surface area contributed by atoms with E-state index in [0.717, 1.165) is 4.90 Å². The van der Waals surface area contributed by atoms with E-state index in [1.165, 1.54) is 20.3 Å². The minimum absolute atomic E-state index is 0.0316. The number of nitrogens with zero attached hydrogens (tertiary/aromatic N) is 1. The zero-order valence-corrected chi connectivity index (χ0v) is 19.9. The van der Waals surface area contributed by atoms with Crippen molar-refractivity contribution in [2.75, 3.05) is 32.7 Å². The highest BCUT2D eigenvalue weighted by Crippen LogP contribution is 2.25. The quantitative estimate of drug-likeness (QED) is 0.218. The largest absolute Gasteiger partial charge is 0.495 e. The minimum atomic E-state index is -0.700. The van der Waals surface area contributed by atoms with Gasteiger partial charge in [0.25, 0.3) is 5.91 Å². The van der Waals surface area contributed by atoms with Crippen molar-refractivity contribution >= 4 is 58.2 Å². The third kappa shape index (κ3) is 6.00. The van der Waals surface area contributed by atoms with Crippen LogP contribution in [0.1, 0.15) is 5.56 Å². The molecule has 0 bridgehead atoms. The fourth-order valence-corrected chi connectivity index (χ4v) is 3.58. The predicted molar refractivity (Wildman–Crippen MR) is 127 cm³/mol. The molecule has 1 aliphatic heterocycles. The molecule has 33 heavy (non-hydrogen) atoms. The topological polar surface area (TPSA) is 123 Å². The number of halogens is 1. The second-order valence-electron chi connectivity index (χ2n) is 6.68. The number of imide groups is 1. The molecule has 1 saturated heterocycles. The van der Waals surface area contributed by atoms with E-state index in [1.54, 1.807) is 42.5 Å². The van der Waals surface area contributed by atoms with E-state index in [9.17, 15) is 19.2 Å². The first-order chi connectivity index (χ1) is 15.8. The number of methoxy groups -OCH3 is 2. The third-order valence-corrected chi connectivity index (χ3v) is 5.33. The molecule has 0 aliphatic carbocycles. The molecule has 1 fully saturated rings. The zero-order valence-electron chi connectivity index (χ0n) is 17.7. The van der Waals surface area contributed by atoms with E-state index >= 15 is 0 Å². The summed E-state index contributed by atoms with van der Waals surface area (Å²) in [6.07, 6.45) is 1.49. The number of hydrogen-bond acceptors (Lipinski definition) is 7. The average molecular weight is 565 g/mol. The van der Waals surface area contributed by atoms with Crippen molar-refractivity contribution < 1.29 is 33.4 Å². The molecule has 0 atom stereocenters. The minimum Gasteiger partial charge on any atom is -0.495 e. The van der Waals surface area contributed by atoms with Crippen LogP contribution < -0.4 is 20.1 Å². The molecule has 3 rings (SSSR count). The van der Waals surface area contributed by atoms with Crippen molar-refractivity contribution in [2.24, 2.45) is 0 Å². The Balaban J connectivity index is 1.67. The van der Waals surface area contributed by atoms with Gasteiger partial charge in [0.1, 0.15) is 23.7 Å². The summed E-state index contributed by atoms with van der Waals surface area (Å²) in [6, 6.07) is 11.1. The number of benzene rings is 2. The monoisotopic (exact) mass is 565 g/mol. The number of carbonyl (C=O) groups excluding carboxylic acids is 4. The summed E-state index contributed by atoms with van der Waals surface area (Å²) in [6.45, 7) is -0.689. The lowest BCUT2D eigenvalue weighted by atomic mass is 10.2. The maximum Gasteiger partial charge on any atom is 0.343 e. The number of nitrogens with one attached hydrogen (secondary N) is 2. The number of esters is 1. The van der Waals surface area contributed by atoms with Crippen molar-refractivity contribution in [1.82, 2.24) is 10.2 Å². The second-order valence-corrected chi connectivity index (χ2v) is 7.84. The van der Waals surface area contributed by atoms with Crippen LogP contribution in [0.5, 0.6) is 11.5 Å². The molecule has 0 spiro atoms. The highest BCUT2D eigenvalue weighted by atomic mass is 127. The highest BCUT2D eigenvalue weighted by molar-refractivity contribution is 14.1. The first-order valence-electron chi connectivity index (χ1n) is 9.59. The van der Waals surface area contributed by atoms with Gasteiger partial charge in [-0.15, -0.1) is 0 Å². The predicted octanol–water partition coefficient (Wildman–Crippen LogP) is 2.38. The van der Waals surface area contributed by atoms with E-state index in [0.29, 0.717) is 26.3 Å². The van der Waals surface area contributed by atoms with Crippen LogP contribution in [0, 0.1) is 3.57 Å². The summed E-state index contributed by atoms with van der Waals surface area (Å²) < 4.78 is 15.8. The standard InChI is InChI=1S/C22H20IN3O7/c1-31-18-6-4-3-5-15(18)24-19(27)11-26-21(29)16(25-22(26)30)10-13-7-8-17(14(23)9-13)33-12-20(28)32-2/h3-10H,11-12H2,1-2H3,(H,24,27)(H,25,30)/b16-10+. The summed E-state index contributed by atoms with van der Waals surface area (Å²) in [5.41, 5.74) is 1.08. The van der Waals surface area contributed by atoms with Gasteiger partial charge in [-0.05, 0) is 58.5 Å². The fraction of sp³-hybridized carbons (Fsp3) is 0.182. The number of hydrogen-bond donors (Lipinski definition) is 2. The van der Waals surface area contributed by atoms with E-state index in [4.69, 9.17) is 9.47 Å². The summed E-state index contributed by atoms with van der Waals surface area (Å²) in [5.74, 6) is -0.759. The number of rotatable bonds is 8. The van der Waals surface area contributed by atoms with Crippen molar-refractivity contribution in [3.63, 3.8) is 0 Å². The molecule has 0 radical (unpaired) electrons. The summed E-state index contributed by atoms with van der Waals surface area (Å²) >= 11 is 2.02. The maximum absolute atomic E-state index is 12.7. The van der Waals surface area contributed by atoms with Crippen LogP contribution in [-0.2, 0) is 19.1 Å². The molecule has 10 nitrogen and oxygen atoms in total. The maximum atomic E-state index is 12.7. The van der Waals surface area contributed by atoms with Gasteiger partial charge in [-0.1, -0.05) is 18.2 Å². The summed E-state index contributed by atoms with van der Waals surface area (Å²) in [5, 5.41) is 5.10. The fourth-order valence-electron chi connectivity index (χ4n) is 2.88. The molecule has 2 N–H and O–H groups in total.